The van der Waals surface area contributed by atoms with Crippen LogP contribution in [0.2, 0.25) is 0 Å². The number of amides is 3. The second-order valence-corrected chi connectivity index (χ2v) is 7.53. The number of nitrogens with one attached hydrogen (secondary N) is 2. The van der Waals surface area contributed by atoms with Crippen LogP contribution in [-0.2, 0) is 17.8 Å². The van der Waals surface area contributed by atoms with Crippen molar-refractivity contribution >= 4 is 23.3 Å². The monoisotopic (exact) mass is 365 g/mol. The lowest BCUT2D eigenvalue weighted by Crippen LogP contribution is -2.38. The van der Waals surface area contributed by atoms with E-state index in [0.717, 1.165) is 35.5 Å². The third-order valence-electron chi connectivity index (χ3n) is 5.05. The van der Waals surface area contributed by atoms with Crippen LogP contribution in [0.1, 0.15) is 36.1 Å². The molecule has 1 heterocycles. The lowest BCUT2D eigenvalue weighted by atomic mass is 9.98. The Morgan fingerprint density at radius 1 is 0.926 bits per heavy atom. The summed E-state index contributed by atoms with van der Waals surface area (Å²) in [5.41, 5.74) is 6.16. The van der Waals surface area contributed by atoms with Crippen LogP contribution in [0.25, 0.3) is 0 Å². The maximum Gasteiger partial charge on any atom is 0.323 e. The summed E-state index contributed by atoms with van der Waals surface area (Å²) >= 11 is 0. The average Bonchev–Trinajstić information content (AvgIpc) is 2.63. The Labute approximate surface area is 160 Å². The Bertz CT molecular complexity index is 874. The van der Waals surface area contributed by atoms with Gasteiger partial charge in [-0.3, -0.25) is 4.79 Å². The molecule has 27 heavy (non-hydrogen) atoms. The van der Waals surface area contributed by atoms with E-state index < -0.39 is 0 Å². The van der Waals surface area contributed by atoms with Gasteiger partial charge in [0.25, 0.3) is 0 Å². The van der Waals surface area contributed by atoms with E-state index in [1.807, 2.05) is 69.0 Å². The van der Waals surface area contributed by atoms with Gasteiger partial charge in [0.1, 0.15) is 0 Å². The van der Waals surface area contributed by atoms with Crippen molar-refractivity contribution in [2.75, 3.05) is 17.2 Å². The van der Waals surface area contributed by atoms with Gasteiger partial charge in [0.05, 0.1) is 0 Å². The van der Waals surface area contributed by atoms with Crippen LogP contribution >= 0.6 is 0 Å². The Balaban J connectivity index is 1.68. The van der Waals surface area contributed by atoms with Crippen LogP contribution in [0, 0.1) is 19.8 Å². The Morgan fingerprint density at radius 3 is 2.26 bits per heavy atom. The van der Waals surface area contributed by atoms with E-state index >= 15 is 0 Å². The molecule has 0 radical (unpaired) electrons. The number of fused-ring (bicyclic) bond motifs is 1. The first kappa shape index (κ1) is 19.0. The van der Waals surface area contributed by atoms with E-state index in [4.69, 9.17) is 0 Å². The Hall–Kier alpha value is -2.82. The number of aryl methyl sites for hydroxylation is 2. The molecule has 5 nitrogen and oxygen atoms in total. The Morgan fingerprint density at radius 2 is 1.59 bits per heavy atom. The van der Waals surface area contributed by atoms with Gasteiger partial charge in [-0.05, 0) is 66.8 Å². The number of benzene rings is 2. The zero-order valence-electron chi connectivity index (χ0n) is 16.4. The fourth-order valence-corrected chi connectivity index (χ4v) is 3.30. The van der Waals surface area contributed by atoms with E-state index in [1.54, 1.807) is 0 Å². The van der Waals surface area contributed by atoms with Crippen molar-refractivity contribution in [2.24, 2.45) is 5.92 Å². The van der Waals surface area contributed by atoms with Crippen LogP contribution in [-0.4, -0.2) is 23.4 Å². The third-order valence-corrected chi connectivity index (χ3v) is 5.05. The molecule has 2 N–H and O–H groups in total. The van der Waals surface area contributed by atoms with E-state index in [9.17, 15) is 9.59 Å². The molecule has 0 unspecified atom stereocenters. The van der Waals surface area contributed by atoms with Crippen LogP contribution < -0.4 is 10.6 Å². The number of carbonyl (C=O) groups excluding carboxylic acids is 2. The predicted octanol–water partition coefficient (Wildman–Crippen LogP) is 4.49. The predicted molar refractivity (Wildman–Crippen MR) is 109 cm³/mol. The van der Waals surface area contributed by atoms with Gasteiger partial charge in [-0.25, -0.2) is 4.79 Å². The number of nitrogens with zero attached hydrogens (tertiary/aromatic N) is 1. The van der Waals surface area contributed by atoms with Crippen LogP contribution in [0.15, 0.2) is 36.4 Å². The average molecular weight is 365 g/mol. The fraction of sp³-hybridized carbons (Fsp3) is 0.364. The molecular formula is C22H27N3O2. The standard InChI is InChI=1S/C22H27N3O2/c1-14(2)21(26)25-10-9-17-6-8-20(12-18(17)13-25)24-22(27)23-19-7-5-15(3)16(4)11-19/h5-8,11-12,14H,9-10,13H2,1-4H3,(H2,23,24,27). The SMILES string of the molecule is Cc1ccc(NC(=O)Nc2ccc3c(c2)CN(C(=O)C(C)C)CC3)cc1C. The molecule has 0 aliphatic carbocycles. The van der Waals surface area contributed by atoms with Crippen molar-refractivity contribution in [1.82, 2.24) is 4.90 Å². The highest BCUT2D eigenvalue weighted by atomic mass is 16.2. The topological polar surface area (TPSA) is 61.4 Å². The van der Waals surface area contributed by atoms with Crippen LogP contribution in [0.4, 0.5) is 16.2 Å². The molecule has 3 amide bonds. The van der Waals surface area contributed by atoms with Crippen molar-refractivity contribution in [3.05, 3.63) is 58.7 Å². The first-order valence-electron chi connectivity index (χ1n) is 9.39. The van der Waals surface area contributed by atoms with Crippen molar-refractivity contribution in [3.63, 3.8) is 0 Å². The molecule has 142 valence electrons. The summed E-state index contributed by atoms with van der Waals surface area (Å²) in [5, 5.41) is 5.75. The first-order chi connectivity index (χ1) is 12.8. The molecule has 5 heteroatoms. The summed E-state index contributed by atoms with van der Waals surface area (Å²) in [5.74, 6) is 0.170. The first-order valence-corrected chi connectivity index (χ1v) is 9.39. The molecule has 0 saturated carbocycles. The molecular weight excluding hydrogens is 338 g/mol. The minimum atomic E-state index is -0.274. The highest BCUT2D eigenvalue weighted by molar-refractivity contribution is 5.99. The summed E-state index contributed by atoms with van der Waals surface area (Å²) < 4.78 is 0. The highest BCUT2D eigenvalue weighted by Gasteiger charge is 2.22. The van der Waals surface area contributed by atoms with Gasteiger partial charge in [0.2, 0.25) is 5.91 Å². The van der Waals surface area contributed by atoms with E-state index in [0.29, 0.717) is 6.54 Å². The van der Waals surface area contributed by atoms with Gasteiger partial charge >= 0.3 is 6.03 Å². The molecule has 0 aromatic heterocycles. The molecule has 0 saturated heterocycles. The number of anilines is 2. The van der Waals surface area contributed by atoms with Gasteiger partial charge in [0, 0.05) is 30.4 Å². The van der Waals surface area contributed by atoms with Crippen molar-refractivity contribution in [1.29, 1.82) is 0 Å². The van der Waals surface area contributed by atoms with Crippen LogP contribution in [0.3, 0.4) is 0 Å². The number of hydrogen-bond donors (Lipinski definition) is 2. The zero-order valence-corrected chi connectivity index (χ0v) is 16.4. The molecule has 0 atom stereocenters. The van der Waals surface area contributed by atoms with Crippen molar-refractivity contribution in [2.45, 2.75) is 40.7 Å². The summed E-state index contributed by atoms with van der Waals surface area (Å²) in [4.78, 5) is 26.5. The number of hydrogen-bond acceptors (Lipinski definition) is 2. The number of urea groups is 1. The van der Waals surface area contributed by atoms with E-state index in [2.05, 4.69) is 10.6 Å². The van der Waals surface area contributed by atoms with Crippen LogP contribution in [0.5, 0.6) is 0 Å². The molecule has 0 fully saturated rings. The Kier molecular flexibility index (Phi) is 5.49. The maximum absolute atomic E-state index is 12.3. The second kappa shape index (κ2) is 7.82. The van der Waals surface area contributed by atoms with Crippen molar-refractivity contribution in [3.8, 4) is 0 Å². The van der Waals surface area contributed by atoms with Crippen molar-refractivity contribution < 1.29 is 9.59 Å². The van der Waals surface area contributed by atoms with E-state index in [-0.39, 0.29) is 17.9 Å². The number of carbonyl (C=O) groups is 2. The van der Waals surface area contributed by atoms with Gasteiger partial charge in [0.15, 0.2) is 0 Å². The molecule has 0 bridgehead atoms. The quantitative estimate of drug-likeness (QED) is 0.842. The summed E-state index contributed by atoms with van der Waals surface area (Å²) in [6.07, 6.45) is 0.850. The zero-order chi connectivity index (χ0) is 19.6. The van der Waals surface area contributed by atoms with Gasteiger partial charge in [-0.1, -0.05) is 26.0 Å². The number of rotatable bonds is 3. The third kappa shape index (κ3) is 4.48. The minimum Gasteiger partial charge on any atom is -0.338 e. The minimum absolute atomic E-state index is 0.00315. The molecule has 0 spiro atoms. The summed E-state index contributed by atoms with van der Waals surface area (Å²) in [6.45, 7) is 9.26. The van der Waals surface area contributed by atoms with Gasteiger partial charge < -0.3 is 15.5 Å². The molecule has 2 aromatic rings. The molecule has 3 rings (SSSR count). The molecule has 1 aliphatic rings. The lowest BCUT2D eigenvalue weighted by molar-refractivity contribution is -0.135. The van der Waals surface area contributed by atoms with E-state index in [1.165, 1.54) is 11.1 Å². The smallest absolute Gasteiger partial charge is 0.323 e. The summed E-state index contributed by atoms with van der Waals surface area (Å²) in [6, 6.07) is 11.5. The highest BCUT2D eigenvalue weighted by Crippen LogP contribution is 2.24. The maximum atomic E-state index is 12.3. The van der Waals surface area contributed by atoms with Gasteiger partial charge in [-0.2, -0.15) is 0 Å². The molecule has 1 aliphatic heterocycles. The molecule has 2 aromatic carbocycles. The summed E-state index contributed by atoms with van der Waals surface area (Å²) in [7, 11) is 0. The normalized spacial score (nSPS) is 13.3. The van der Waals surface area contributed by atoms with Gasteiger partial charge in [-0.15, -0.1) is 0 Å². The largest absolute Gasteiger partial charge is 0.338 e. The fourth-order valence-electron chi connectivity index (χ4n) is 3.30. The second-order valence-electron chi connectivity index (χ2n) is 7.53. The lowest BCUT2D eigenvalue weighted by Gasteiger charge is -2.30.